The van der Waals surface area contributed by atoms with E-state index in [1.165, 1.54) is 13.2 Å². The molecule has 0 bridgehead atoms. The summed E-state index contributed by atoms with van der Waals surface area (Å²) in [5, 5.41) is 10.5. The lowest BCUT2D eigenvalue weighted by molar-refractivity contribution is -0.143. The molecule has 2 aliphatic rings. The van der Waals surface area contributed by atoms with E-state index in [9.17, 15) is 31.4 Å². The molecule has 2 unspecified atom stereocenters. The highest BCUT2D eigenvalue weighted by molar-refractivity contribution is 5.37. The number of aliphatic hydroxyl groups is 1. The van der Waals surface area contributed by atoms with Crippen molar-refractivity contribution in [3.05, 3.63) is 83.2 Å². The Morgan fingerprint density at radius 1 is 1.15 bits per heavy atom. The van der Waals surface area contributed by atoms with Crippen LogP contribution in [0.2, 0.25) is 0 Å². The van der Waals surface area contributed by atoms with Gasteiger partial charge < -0.3 is 14.6 Å². The van der Waals surface area contributed by atoms with E-state index in [2.05, 4.69) is 6.58 Å². The Labute approximate surface area is 194 Å². The summed E-state index contributed by atoms with van der Waals surface area (Å²) >= 11 is 0. The maximum Gasteiger partial charge on any atom is 0.416 e. The first-order valence-electron chi connectivity index (χ1n) is 10.8. The van der Waals surface area contributed by atoms with E-state index in [0.29, 0.717) is 37.0 Å². The van der Waals surface area contributed by atoms with Crippen molar-refractivity contribution in [2.24, 2.45) is 5.92 Å². The summed E-state index contributed by atoms with van der Waals surface area (Å²) in [7, 11) is 0. The van der Waals surface area contributed by atoms with E-state index >= 15 is 0 Å². The van der Waals surface area contributed by atoms with Crippen LogP contribution < -0.4 is 0 Å². The highest BCUT2D eigenvalue weighted by Gasteiger charge is 2.38. The van der Waals surface area contributed by atoms with Crippen LogP contribution in [0.5, 0.6) is 0 Å². The second-order valence-corrected chi connectivity index (χ2v) is 8.32. The van der Waals surface area contributed by atoms with E-state index in [1.54, 1.807) is 12.2 Å². The highest BCUT2D eigenvalue weighted by atomic mass is 19.4. The van der Waals surface area contributed by atoms with Gasteiger partial charge in [-0.05, 0) is 67.2 Å². The van der Waals surface area contributed by atoms with E-state index in [1.807, 2.05) is 12.2 Å². The van der Waals surface area contributed by atoms with Crippen LogP contribution in [0.25, 0.3) is 0 Å². The van der Waals surface area contributed by atoms with Gasteiger partial charge in [0, 0.05) is 5.92 Å². The van der Waals surface area contributed by atoms with Crippen molar-refractivity contribution < 1.29 is 40.9 Å². The minimum Gasteiger partial charge on any atom is -0.497 e. The molecule has 1 aromatic rings. The average molecular weight is 488 g/mol. The fourth-order valence-electron chi connectivity index (χ4n) is 4.20. The van der Waals surface area contributed by atoms with Gasteiger partial charge in [0.15, 0.2) is 0 Å². The van der Waals surface area contributed by atoms with Crippen LogP contribution in [0.3, 0.4) is 0 Å². The Morgan fingerprint density at radius 3 is 2.38 bits per heavy atom. The maximum atomic E-state index is 13.3. The quantitative estimate of drug-likeness (QED) is 0.335. The molecule has 34 heavy (non-hydrogen) atoms. The lowest BCUT2D eigenvalue weighted by Gasteiger charge is -2.34. The highest BCUT2D eigenvalue weighted by Crippen LogP contribution is 2.40. The predicted octanol–water partition coefficient (Wildman–Crippen LogP) is 6.91. The Hall–Kier alpha value is -2.52. The number of alkyl halides is 6. The third-order valence-corrected chi connectivity index (χ3v) is 5.92. The zero-order chi connectivity index (χ0) is 25.1. The molecule has 1 heterocycles. The number of ether oxygens (including phenoxy) is 2. The molecule has 4 atom stereocenters. The molecule has 0 saturated carbocycles. The molecule has 0 radical (unpaired) electrons. The molecule has 0 saturated heterocycles. The smallest absolute Gasteiger partial charge is 0.416 e. The maximum absolute atomic E-state index is 13.3. The minimum atomic E-state index is -4.93. The molecule has 0 aromatic heterocycles. The van der Waals surface area contributed by atoms with Gasteiger partial charge in [0.1, 0.15) is 6.61 Å². The number of aliphatic hydroxyl groups excluding tert-OH is 1. The molecular weight excluding hydrogens is 462 g/mol. The molecule has 186 valence electrons. The van der Waals surface area contributed by atoms with Crippen LogP contribution in [0.15, 0.2) is 66.5 Å². The van der Waals surface area contributed by atoms with Crippen LogP contribution >= 0.6 is 0 Å². The molecular formula is C25H26F6O3. The third kappa shape index (κ3) is 6.13. The Balaban J connectivity index is 1.93. The van der Waals surface area contributed by atoms with Crippen LogP contribution in [-0.2, 0) is 21.8 Å². The van der Waals surface area contributed by atoms with Crippen molar-refractivity contribution in [1.82, 2.24) is 0 Å². The molecule has 0 fully saturated rings. The average Bonchev–Trinajstić information content (AvgIpc) is 2.78. The van der Waals surface area contributed by atoms with Gasteiger partial charge in [0.2, 0.25) is 0 Å². The first kappa shape index (κ1) is 26.1. The molecule has 9 heteroatoms. The lowest BCUT2D eigenvalue weighted by Crippen LogP contribution is -2.31. The first-order chi connectivity index (χ1) is 15.9. The number of allylic oxidation sites excluding steroid dienone is 1. The monoisotopic (exact) mass is 488 g/mol. The van der Waals surface area contributed by atoms with Crippen LogP contribution in [0, 0.1) is 5.92 Å². The fraction of sp³-hybridized carbons (Fsp3) is 0.440. The normalized spacial score (nSPS) is 22.9. The Kier molecular flexibility index (Phi) is 7.98. The Morgan fingerprint density at radius 2 is 1.79 bits per heavy atom. The summed E-state index contributed by atoms with van der Waals surface area (Å²) in [6, 6.07) is 1.49. The number of hydrogen-bond acceptors (Lipinski definition) is 3. The lowest BCUT2D eigenvalue weighted by atomic mass is 9.82. The number of rotatable bonds is 7. The van der Waals surface area contributed by atoms with Gasteiger partial charge in [-0.1, -0.05) is 18.2 Å². The van der Waals surface area contributed by atoms with Gasteiger partial charge in [-0.15, -0.1) is 6.58 Å². The zero-order valence-corrected chi connectivity index (χ0v) is 18.5. The summed E-state index contributed by atoms with van der Waals surface area (Å²) in [6.45, 7) is 5.25. The number of hydrogen-bond donors (Lipinski definition) is 1. The van der Waals surface area contributed by atoms with Crippen molar-refractivity contribution >= 4 is 0 Å². The second-order valence-electron chi connectivity index (χ2n) is 8.32. The molecule has 1 N–H and O–H groups in total. The summed E-state index contributed by atoms with van der Waals surface area (Å²) in [5.74, 6) is -0.358. The first-order valence-corrected chi connectivity index (χ1v) is 10.8. The van der Waals surface area contributed by atoms with Crippen molar-refractivity contribution in [3.8, 4) is 0 Å². The van der Waals surface area contributed by atoms with Gasteiger partial charge >= 0.3 is 12.4 Å². The summed E-state index contributed by atoms with van der Waals surface area (Å²) in [4.78, 5) is 0. The fourth-order valence-corrected chi connectivity index (χ4v) is 4.20. The molecule has 1 aliphatic heterocycles. The molecule has 1 aliphatic carbocycles. The van der Waals surface area contributed by atoms with Gasteiger partial charge in [0.25, 0.3) is 0 Å². The topological polar surface area (TPSA) is 38.7 Å². The van der Waals surface area contributed by atoms with Crippen molar-refractivity contribution in [1.29, 1.82) is 0 Å². The number of halogens is 6. The van der Waals surface area contributed by atoms with Crippen LogP contribution in [0.1, 0.15) is 49.0 Å². The molecule has 3 nitrogen and oxygen atoms in total. The summed E-state index contributed by atoms with van der Waals surface area (Å²) in [5.41, 5.74) is -1.57. The van der Waals surface area contributed by atoms with Crippen molar-refractivity contribution in [2.45, 2.75) is 56.9 Å². The summed E-state index contributed by atoms with van der Waals surface area (Å²) < 4.78 is 91.1. The van der Waals surface area contributed by atoms with Crippen molar-refractivity contribution in [2.75, 3.05) is 6.61 Å². The summed E-state index contributed by atoms with van der Waals surface area (Å²) in [6.07, 6.45) is -2.27. The third-order valence-electron chi connectivity index (χ3n) is 5.92. The molecule has 3 rings (SSSR count). The van der Waals surface area contributed by atoms with Gasteiger partial charge in [-0.3, -0.25) is 0 Å². The molecule has 1 aromatic carbocycles. The molecule has 0 spiro atoms. The predicted molar refractivity (Wildman–Crippen MR) is 115 cm³/mol. The van der Waals surface area contributed by atoms with Gasteiger partial charge in [0.05, 0.1) is 35.7 Å². The minimum absolute atomic E-state index is 0.103. The van der Waals surface area contributed by atoms with E-state index in [4.69, 9.17) is 9.47 Å². The molecule has 0 amide bonds. The zero-order valence-electron chi connectivity index (χ0n) is 18.5. The number of benzene rings is 1. The second kappa shape index (κ2) is 10.4. The van der Waals surface area contributed by atoms with E-state index in [-0.39, 0.29) is 24.2 Å². The largest absolute Gasteiger partial charge is 0.497 e. The van der Waals surface area contributed by atoms with Gasteiger partial charge in [-0.25, -0.2) is 0 Å². The van der Waals surface area contributed by atoms with Crippen molar-refractivity contribution in [3.63, 3.8) is 0 Å². The Bertz CT molecular complexity index is 942. The standard InChI is InChI=1S/C25H26F6O3/c1-3-6-22(32)19-9-10-33-14-21(19)20-7-4-5-8-23(20)34-15(2)16-11-17(24(26,27)28)13-18(12-16)25(29,30)31/h3-4,7,9-13,15,20,22-23,32H,1,5-6,8,14H2,2H3/t15-,20?,22+,23?/m1/s1. The van der Waals surface area contributed by atoms with Crippen LogP contribution in [0.4, 0.5) is 26.3 Å². The SMILES string of the molecule is C=CC[C@H](O)C1=C(C2C=CCCC2O[C@H](C)c2cc(C(F)(F)F)cc(C(F)(F)F)c2)COC=C1. The van der Waals surface area contributed by atoms with Gasteiger partial charge in [-0.2, -0.15) is 26.3 Å². The van der Waals surface area contributed by atoms with E-state index < -0.39 is 41.8 Å². The van der Waals surface area contributed by atoms with Crippen LogP contribution in [-0.4, -0.2) is 23.9 Å². The van der Waals surface area contributed by atoms with E-state index in [0.717, 1.165) is 5.57 Å².